The summed E-state index contributed by atoms with van der Waals surface area (Å²) in [7, 11) is 0. The fourth-order valence-corrected chi connectivity index (χ4v) is 4.49. The van der Waals surface area contributed by atoms with E-state index in [2.05, 4.69) is 4.99 Å². The van der Waals surface area contributed by atoms with Crippen LogP contribution >= 0.6 is 11.8 Å². The molecule has 0 saturated heterocycles. The van der Waals surface area contributed by atoms with Crippen LogP contribution in [0.15, 0.2) is 53.5 Å². The number of carbonyl (C=O) groups is 2. The first-order chi connectivity index (χ1) is 13.6. The lowest BCUT2D eigenvalue weighted by molar-refractivity contribution is -0.130. The topological polar surface area (TPSA) is 72.5 Å². The van der Waals surface area contributed by atoms with Crippen molar-refractivity contribution in [2.75, 3.05) is 0 Å². The number of rotatable bonds is 6. The van der Waals surface area contributed by atoms with E-state index < -0.39 is 33.9 Å². The molecule has 0 aliphatic carbocycles. The second-order valence-corrected chi connectivity index (χ2v) is 8.58. The number of nitrogens with two attached hydrogens (primary N) is 1. The number of hydrogen-bond acceptors (Lipinski definition) is 3. The van der Waals surface area contributed by atoms with Gasteiger partial charge in [0.2, 0.25) is 5.91 Å². The van der Waals surface area contributed by atoms with Crippen molar-refractivity contribution in [1.29, 1.82) is 0 Å². The molecule has 152 valence electrons. The Labute approximate surface area is 170 Å². The second-order valence-electron chi connectivity index (χ2n) is 7.09. The SMILES string of the molecule is C[C@H](CC1=NC(=O)C(C)(C(F)(F)c2ccc(C(N)=O)cc2)S1)c1ccccc1F. The van der Waals surface area contributed by atoms with Gasteiger partial charge in [-0.2, -0.15) is 8.78 Å². The van der Waals surface area contributed by atoms with Crippen molar-refractivity contribution in [3.8, 4) is 0 Å². The Kier molecular flexibility index (Phi) is 5.58. The van der Waals surface area contributed by atoms with E-state index in [1.54, 1.807) is 25.1 Å². The number of carbonyl (C=O) groups excluding carboxylic acids is 2. The summed E-state index contributed by atoms with van der Waals surface area (Å²) in [5.74, 6) is -5.94. The highest BCUT2D eigenvalue weighted by Crippen LogP contribution is 2.52. The lowest BCUT2D eigenvalue weighted by Gasteiger charge is -2.31. The van der Waals surface area contributed by atoms with Gasteiger partial charge in [0.25, 0.3) is 11.8 Å². The number of alkyl halides is 2. The van der Waals surface area contributed by atoms with Gasteiger partial charge in [-0.1, -0.05) is 49.0 Å². The van der Waals surface area contributed by atoms with E-state index in [0.29, 0.717) is 17.3 Å². The normalized spacial score (nSPS) is 20.4. The molecule has 3 rings (SSSR count). The molecule has 0 spiro atoms. The van der Waals surface area contributed by atoms with Crippen LogP contribution in [-0.4, -0.2) is 21.6 Å². The molecular formula is C21H19F3N2O2S. The van der Waals surface area contributed by atoms with Gasteiger partial charge in [-0.25, -0.2) is 9.38 Å². The van der Waals surface area contributed by atoms with E-state index in [9.17, 15) is 14.0 Å². The number of hydrogen-bond donors (Lipinski definition) is 1. The van der Waals surface area contributed by atoms with Crippen LogP contribution in [0.4, 0.5) is 13.2 Å². The van der Waals surface area contributed by atoms with E-state index in [4.69, 9.17) is 5.73 Å². The summed E-state index contributed by atoms with van der Waals surface area (Å²) >= 11 is 0.699. The fourth-order valence-electron chi connectivity index (χ4n) is 3.17. The third-order valence-electron chi connectivity index (χ3n) is 5.00. The molecule has 1 aliphatic heterocycles. The van der Waals surface area contributed by atoms with Crippen molar-refractivity contribution in [1.82, 2.24) is 0 Å². The number of aliphatic imine (C=N–C) groups is 1. The molecule has 8 heteroatoms. The highest BCUT2D eigenvalue weighted by molar-refractivity contribution is 8.16. The van der Waals surface area contributed by atoms with E-state index in [-0.39, 0.29) is 22.9 Å². The molecular weight excluding hydrogens is 401 g/mol. The largest absolute Gasteiger partial charge is 0.366 e. The van der Waals surface area contributed by atoms with Crippen molar-refractivity contribution in [3.05, 3.63) is 71.0 Å². The summed E-state index contributed by atoms with van der Waals surface area (Å²) in [5.41, 5.74) is 5.25. The lowest BCUT2D eigenvalue weighted by Crippen LogP contribution is -2.44. The summed E-state index contributed by atoms with van der Waals surface area (Å²) in [4.78, 5) is 27.4. The third-order valence-corrected chi connectivity index (χ3v) is 6.34. The molecule has 1 aliphatic rings. The summed E-state index contributed by atoms with van der Waals surface area (Å²) in [6.07, 6.45) is 0.170. The quantitative estimate of drug-likeness (QED) is 0.740. The first-order valence-electron chi connectivity index (χ1n) is 8.90. The maximum atomic E-state index is 15.2. The molecule has 0 aromatic heterocycles. The Hall–Kier alpha value is -2.61. The van der Waals surface area contributed by atoms with E-state index in [1.807, 2.05) is 0 Å². The maximum Gasteiger partial charge on any atom is 0.296 e. The number of benzene rings is 2. The number of thioether (sulfide) groups is 1. The van der Waals surface area contributed by atoms with Crippen LogP contribution in [-0.2, 0) is 10.7 Å². The fraction of sp³-hybridized carbons (Fsp3) is 0.286. The van der Waals surface area contributed by atoms with E-state index >= 15 is 8.78 Å². The molecule has 0 radical (unpaired) electrons. The number of primary amides is 1. The van der Waals surface area contributed by atoms with Gasteiger partial charge in [0.05, 0.1) is 5.04 Å². The highest BCUT2D eigenvalue weighted by Gasteiger charge is 2.60. The first-order valence-corrected chi connectivity index (χ1v) is 9.71. The average molecular weight is 420 g/mol. The molecule has 1 unspecified atom stereocenters. The minimum Gasteiger partial charge on any atom is -0.366 e. The predicted octanol–water partition coefficient (Wildman–Crippen LogP) is 4.64. The minimum absolute atomic E-state index is 0.0933. The van der Waals surface area contributed by atoms with Gasteiger partial charge in [0.15, 0.2) is 4.75 Å². The molecule has 0 fully saturated rings. The van der Waals surface area contributed by atoms with Crippen molar-refractivity contribution < 1.29 is 22.8 Å². The van der Waals surface area contributed by atoms with E-state index in [0.717, 1.165) is 19.1 Å². The van der Waals surface area contributed by atoms with Crippen LogP contribution in [0.25, 0.3) is 0 Å². The molecule has 2 amide bonds. The zero-order valence-electron chi connectivity index (χ0n) is 15.8. The van der Waals surface area contributed by atoms with Crippen molar-refractivity contribution in [2.45, 2.75) is 36.9 Å². The smallest absolute Gasteiger partial charge is 0.296 e. The van der Waals surface area contributed by atoms with Crippen LogP contribution in [0.5, 0.6) is 0 Å². The Morgan fingerprint density at radius 1 is 1.21 bits per heavy atom. The van der Waals surface area contributed by atoms with Crippen LogP contribution in [0.2, 0.25) is 0 Å². The number of halogens is 3. The van der Waals surface area contributed by atoms with Gasteiger partial charge in [-0.05, 0) is 36.6 Å². The minimum atomic E-state index is -3.54. The van der Waals surface area contributed by atoms with Crippen LogP contribution in [0.3, 0.4) is 0 Å². The van der Waals surface area contributed by atoms with Crippen molar-refractivity contribution >= 4 is 28.6 Å². The summed E-state index contributed by atoms with van der Waals surface area (Å²) < 4.78 is 42.3. The second kappa shape index (κ2) is 7.67. The van der Waals surface area contributed by atoms with Crippen LogP contribution in [0.1, 0.15) is 47.7 Å². The Morgan fingerprint density at radius 3 is 2.41 bits per heavy atom. The molecule has 2 atom stereocenters. The van der Waals surface area contributed by atoms with Gasteiger partial charge < -0.3 is 5.73 Å². The van der Waals surface area contributed by atoms with Gasteiger partial charge in [0, 0.05) is 17.5 Å². The third kappa shape index (κ3) is 3.81. The molecule has 2 aromatic rings. The lowest BCUT2D eigenvalue weighted by atomic mass is 9.93. The summed E-state index contributed by atoms with van der Waals surface area (Å²) in [6.45, 7) is 2.90. The molecule has 2 aromatic carbocycles. The number of amides is 2. The summed E-state index contributed by atoms with van der Waals surface area (Å²) in [6, 6.07) is 10.8. The van der Waals surface area contributed by atoms with Gasteiger partial charge in [0.1, 0.15) is 5.82 Å². The predicted molar refractivity (Wildman–Crippen MR) is 107 cm³/mol. The zero-order chi connectivity index (χ0) is 21.4. The average Bonchev–Trinajstić information content (AvgIpc) is 2.97. The Balaban J connectivity index is 1.81. The number of nitrogens with zero attached hydrogens (tertiary/aromatic N) is 1. The van der Waals surface area contributed by atoms with Crippen LogP contribution < -0.4 is 5.73 Å². The molecule has 29 heavy (non-hydrogen) atoms. The van der Waals surface area contributed by atoms with E-state index in [1.165, 1.54) is 18.2 Å². The van der Waals surface area contributed by atoms with Crippen LogP contribution in [0, 0.1) is 5.82 Å². The summed E-state index contributed by atoms with van der Waals surface area (Å²) in [5, 5.41) is 0.238. The Morgan fingerprint density at radius 2 is 1.83 bits per heavy atom. The molecule has 4 nitrogen and oxygen atoms in total. The van der Waals surface area contributed by atoms with Gasteiger partial charge in [-0.15, -0.1) is 0 Å². The standard InChI is InChI=1S/C21H19F3N2O2S/c1-12(15-5-3-4-6-16(15)22)11-17-26-19(28)20(2,29-17)21(23,24)14-9-7-13(8-10-14)18(25)27/h3-10,12H,11H2,1-2H3,(H2,25,27)/t12-,20?/m1/s1. The van der Waals surface area contributed by atoms with Crippen molar-refractivity contribution in [3.63, 3.8) is 0 Å². The van der Waals surface area contributed by atoms with Gasteiger partial charge in [-0.3, -0.25) is 9.59 Å². The first kappa shape index (κ1) is 21.1. The zero-order valence-corrected chi connectivity index (χ0v) is 16.6. The molecule has 2 N–H and O–H groups in total. The molecule has 1 heterocycles. The van der Waals surface area contributed by atoms with Gasteiger partial charge >= 0.3 is 0 Å². The maximum absolute atomic E-state index is 15.2. The highest BCUT2D eigenvalue weighted by atomic mass is 32.2. The Bertz CT molecular complexity index is 992. The molecule has 0 bridgehead atoms. The molecule has 0 saturated carbocycles. The van der Waals surface area contributed by atoms with Crippen molar-refractivity contribution in [2.24, 2.45) is 10.7 Å². The monoisotopic (exact) mass is 420 g/mol.